The largest absolute Gasteiger partial charge is 0.100 e. The Kier molecular flexibility index (Phi) is 7.55. The summed E-state index contributed by atoms with van der Waals surface area (Å²) in [4.78, 5) is 0. The van der Waals surface area contributed by atoms with E-state index in [1.807, 2.05) is 0 Å². The lowest BCUT2D eigenvalue weighted by molar-refractivity contribution is 0.608. The summed E-state index contributed by atoms with van der Waals surface area (Å²) in [6.45, 7) is 14.5. The second-order valence-corrected chi connectivity index (χ2v) is 6.01. The molecule has 0 radical (unpaired) electrons. The van der Waals surface area contributed by atoms with E-state index in [2.05, 4.69) is 32.7 Å². The predicted octanol–water partition coefficient (Wildman–Crippen LogP) is 6.52. The summed E-state index contributed by atoms with van der Waals surface area (Å²) in [7, 11) is 0. The molecule has 0 aromatic carbocycles. The molecule has 0 bridgehead atoms. The van der Waals surface area contributed by atoms with E-state index >= 15 is 0 Å². The maximum atomic E-state index is 4.20. The molecule has 0 saturated heterocycles. The van der Waals surface area contributed by atoms with Gasteiger partial charge in [0.1, 0.15) is 0 Å². The van der Waals surface area contributed by atoms with Crippen molar-refractivity contribution in [3.8, 4) is 0 Å². The number of rotatable bonds is 4. The SMILES string of the molecule is C=C(C)CCCC1=CC(=C)C(=C)CCCCCCC1. The van der Waals surface area contributed by atoms with Crippen LogP contribution < -0.4 is 0 Å². The summed E-state index contributed by atoms with van der Waals surface area (Å²) in [6.07, 6.45) is 14.9. The highest BCUT2D eigenvalue weighted by atomic mass is 14.1. The number of allylic oxidation sites excluding steroid dienone is 5. The van der Waals surface area contributed by atoms with Crippen LogP contribution in [0.3, 0.4) is 0 Å². The fraction of sp³-hybridized carbons (Fsp3) is 0.579. The molecule has 0 heteroatoms. The van der Waals surface area contributed by atoms with Crippen molar-refractivity contribution in [3.05, 3.63) is 48.1 Å². The molecular weight excluding hydrogens is 228 g/mol. The van der Waals surface area contributed by atoms with Gasteiger partial charge in [-0.15, -0.1) is 6.58 Å². The first kappa shape index (κ1) is 16.0. The Labute approximate surface area is 120 Å². The van der Waals surface area contributed by atoms with Crippen LogP contribution >= 0.6 is 0 Å². The van der Waals surface area contributed by atoms with Crippen LogP contribution in [-0.2, 0) is 0 Å². The molecule has 0 saturated carbocycles. The normalized spacial score (nSPS) is 18.7. The van der Waals surface area contributed by atoms with Gasteiger partial charge < -0.3 is 0 Å². The first-order valence-corrected chi connectivity index (χ1v) is 7.80. The summed E-state index contributed by atoms with van der Waals surface area (Å²) in [5.41, 5.74) is 5.25. The summed E-state index contributed by atoms with van der Waals surface area (Å²) >= 11 is 0. The topological polar surface area (TPSA) is 0 Å². The van der Waals surface area contributed by atoms with Crippen molar-refractivity contribution in [3.63, 3.8) is 0 Å². The van der Waals surface area contributed by atoms with Crippen molar-refractivity contribution >= 4 is 0 Å². The minimum atomic E-state index is 1.12. The van der Waals surface area contributed by atoms with E-state index in [0.29, 0.717) is 0 Å². The Morgan fingerprint density at radius 3 is 2.37 bits per heavy atom. The van der Waals surface area contributed by atoms with Crippen LogP contribution in [0.5, 0.6) is 0 Å². The van der Waals surface area contributed by atoms with Crippen LogP contribution in [0.15, 0.2) is 48.1 Å². The lowest BCUT2D eigenvalue weighted by Crippen LogP contribution is -1.90. The molecule has 0 amide bonds. The van der Waals surface area contributed by atoms with Gasteiger partial charge in [0, 0.05) is 0 Å². The van der Waals surface area contributed by atoms with Gasteiger partial charge in [-0.3, -0.25) is 0 Å². The molecule has 0 aromatic rings. The molecule has 0 aromatic heterocycles. The Morgan fingerprint density at radius 1 is 1.05 bits per heavy atom. The Hall–Kier alpha value is -1.04. The summed E-state index contributed by atoms with van der Waals surface area (Å²) in [5, 5.41) is 0. The van der Waals surface area contributed by atoms with Crippen LogP contribution in [0.4, 0.5) is 0 Å². The molecule has 1 aliphatic carbocycles. The standard InChI is InChI=1S/C19H30/c1-16(2)11-10-14-19-13-9-7-5-6-8-12-17(3)18(4)15-19/h15H,1,3-14H2,2H3. The van der Waals surface area contributed by atoms with E-state index in [1.54, 1.807) is 5.57 Å². The van der Waals surface area contributed by atoms with Crippen molar-refractivity contribution in [2.45, 2.75) is 71.1 Å². The predicted molar refractivity (Wildman–Crippen MR) is 87.3 cm³/mol. The molecule has 0 N–H and O–H groups in total. The first-order valence-electron chi connectivity index (χ1n) is 7.80. The monoisotopic (exact) mass is 258 g/mol. The average molecular weight is 258 g/mol. The van der Waals surface area contributed by atoms with Crippen molar-refractivity contribution in [2.24, 2.45) is 0 Å². The van der Waals surface area contributed by atoms with Gasteiger partial charge in [-0.1, -0.05) is 49.6 Å². The fourth-order valence-electron chi connectivity index (χ4n) is 2.62. The minimum Gasteiger partial charge on any atom is -0.100 e. The van der Waals surface area contributed by atoms with Gasteiger partial charge in [0.25, 0.3) is 0 Å². The van der Waals surface area contributed by atoms with Crippen LogP contribution in [0.25, 0.3) is 0 Å². The zero-order chi connectivity index (χ0) is 14.1. The van der Waals surface area contributed by atoms with Crippen molar-refractivity contribution in [1.82, 2.24) is 0 Å². The zero-order valence-electron chi connectivity index (χ0n) is 12.8. The summed E-state index contributed by atoms with van der Waals surface area (Å²) in [5.74, 6) is 0. The van der Waals surface area contributed by atoms with Crippen LogP contribution in [0.1, 0.15) is 71.1 Å². The van der Waals surface area contributed by atoms with E-state index in [9.17, 15) is 0 Å². The highest BCUT2D eigenvalue weighted by molar-refractivity contribution is 5.37. The van der Waals surface area contributed by atoms with E-state index in [4.69, 9.17) is 0 Å². The van der Waals surface area contributed by atoms with Gasteiger partial charge in [0.2, 0.25) is 0 Å². The second kappa shape index (κ2) is 8.96. The fourth-order valence-corrected chi connectivity index (χ4v) is 2.62. The third-order valence-corrected chi connectivity index (χ3v) is 3.91. The minimum absolute atomic E-state index is 1.12. The Balaban J connectivity index is 2.60. The first-order chi connectivity index (χ1) is 9.09. The molecule has 0 aliphatic heterocycles. The molecule has 106 valence electrons. The molecule has 19 heavy (non-hydrogen) atoms. The Morgan fingerprint density at radius 2 is 1.68 bits per heavy atom. The van der Waals surface area contributed by atoms with E-state index in [1.165, 1.54) is 62.5 Å². The lowest BCUT2D eigenvalue weighted by Gasteiger charge is -2.10. The van der Waals surface area contributed by atoms with Crippen molar-refractivity contribution in [1.29, 1.82) is 0 Å². The quantitative estimate of drug-likeness (QED) is 0.504. The Bertz CT molecular complexity index is 354. The highest BCUT2D eigenvalue weighted by Crippen LogP contribution is 2.24. The van der Waals surface area contributed by atoms with E-state index in [-0.39, 0.29) is 0 Å². The van der Waals surface area contributed by atoms with Crippen LogP contribution in [-0.4, -0.2) is 0 Å². The molecular formula is C19H30. The maximum Gasteiger partial charge on any atom is -0.0279 e. The molecule has 0 spiro atoms. The van der Waals surface area contributed by atoms with Crippen molar-refractivity contribution in [2.75, 3.05) is 0 Å². The van der Waals surface area contributed by atoms with Gasteiger partial charge in [-0.2, -0.15) is 0 Å². The lowest BCUT2D eigenvalue weighted by atomic mass is 9.96. The number of hydrogen-bond donors (Lipinski definition) is 0. The highest BCUT2D eigenvalue weighted by Gasteiger charge is 2.05. The molecule has 0 heterocycles. The third-order valence-electron chi connectivity index (χ3n) is 3.91. The average Bonchev–Trinajstić information content (AvgIpc) is 2.38. The van der Waals surface area contributed by atoms with Crippen LogP contribution in [0, 0.1) is 0 Å². The second-order valence-electron chi connectivity index (χ2n) is 6.01. The third kappa shape index (κ3) is 7.20. The van der Waals surface area contributed by atoms with E-state index < -0.39 is 0 Å². The molecule has 0 nitrogen and oxygen atoms in total. The molecule has 1 rings (SSSR count). The smallest absolute Gasteiger partial charge is 0.0279 e. The zero-order valence-corrected chi connectivity index (χ0v) is 12.8. The van der Waals surface area contributed by atoms with E-state index in [0.717, 1.165) is 18.4 Å². The molecule has 0 atom stereocenters. The summed E-state index contributed by atoms with van der Waals surface area (Å²) in [6, 6.07) is 0. The molecule has 0 fully saturated rings. The van der Waals surface area contributed by atoms with Gasteiger partial charge in [0.05, 0.1) is 0 Å². The van der Waals surface area contributed by atoms with Gasteiger partial charge in [-0.25, -0.2) is 0 Å². The van der Waals surface area contributed by atoms with Gasteiger partial charge in [0.15, 0.2) is 0 Å². The van der Waals surface area contributed by atoms with Gasteiger partial charge in [-0.05, 0) is 63.0 Å². The molecule has 0 unspecified atom stereocenters. The number of hydrogen-bond acceptors (Lipinski definition) is 0. The van der Waals surface area contributed by atoms with Crippen molar-refractivity contribution < 1.29 is 0 Å². The van der Waals surface area contributed by atoms with Gasteiger partial charge >= 0.3 is 0 Å². The maximum absolute atomic E-state index is 4.20. The van der Waals surface area contributed by atoms with Crippen LogP contribution in [0.2, 0.25) is 0 Å². The summed E-state index contributed by atoms with van der Waals surface area (Å²) < 4.78 is 0. The molecule has 1 aliphatic rings.